The van der Waals surface area contributed by atoms with Crippen molar-refractivity contribution in [3.05, 3.63) is 35.4 Å². The largest absolute Gasteiger partial charge is 0.493 e. The molecule has 0 bridgehead atoms. The predicted octanol–water partition coefficient (Wildman–Crippen LogP) is 3.88. The van der Waals surface area contributed by atoms with Gasteiger partial charge in [0.05, 0.1) is 11.2 Å². The van der Waals surface area contributed by atoms with Crippen molar-refractivity contribution in [1.82, 2.24) is 9.78 Å². The number of nitrogens with zero attached hydrogens (tertiary/aromatic N) is 2. The van der Waals surface area contributed by atoms with Crippen LogP contribution in [0.5, 0.6) is 5.88 Å². The molecule has 3 heteroatoms. The van der Waals surface area contributed by atoms with Crippen LogP contribution in [0.2, 0.25) is 0 Å². The molecule has 0 saturated heterocycles. The number of rotatable bonds is 2. The lowest BCUT2D eigenvalue weighted by Crippen LogP contribution is -2.22. The standard InChI is InChI=1S/C16H22N2O/c1-6-13-14(12-9-7-8-11(2)10-12)17-18(15(13)19)16(3,4)5/h7-10,19H,6H2,1-5H3. The zero-order valence-electron chi connectivity index (χ0n) is 12.4. The molecule has 0 atom stereocenters. The lowest BCUT2D eigenvalue weighted by atomic mass is 10.0. The minimum atomic E-state index is -0.226. The van der Waals surface area contributed by atoms with Gasteiger partial charge in [-0.25, -0.2) is 4.68 Å². The van der Waals surface area contributed by atoms with Gasteiger partial charge in [0, 0.05) is 11.1 Å². The molecule has 0 aliphatic carbocycles. The Morgan fingerprint density at radius 3 is 2.47 bits per heavy atom. The van der Waals surface area contributed by atoms with Crippen molar-refractivity contribution >= 4 is 0 Å². The Morgan fingerprint density at radius 1 is 1.26 bits per heavy atom. The average molecular weight is 258 g/mol. The quantitative estimate of drug-likeness (QED) is 0.887. The van der Waals surface area contributed by atoms with E-state index < -0.39 is 0 Å². The van der Waals surface area contributed by atoms with Gasteiger partial charge in [-0.2, -0.15) is 5.10 Å². The summed E-state index contributed by atoms with van der Waals surface area (Å²) in [6, 6.07) is 8.24. The molecule has 0 amide bonds. The van der Waals surface area contributed by atoms with Crippen molar-refractivity contribution in [2.75, 3.05) is 0 Å². The van der Waals surface area contributed by atoms with E-state index in [1.165, 1.54) is 5.56 Å². The number of aromatic nitrogens is 2. The van der Waals surface area contributed by atoms with Crippen LogP contribution in [0.3, 0.4) is 0 Å². The number of benzene rings is 1. The van der Waals surface area contributed by atoms with Gasteiger partial charge in [-0.1, -0.05) is 30.7 Å². The minimum absolute atomic E-state index is 0.226. The Bertz CT molecular complexity index is 591. The van der Waals surface area contributed by atoms with E-state index in [-0.39, 0.29) is 11.4 Å². The predicted molar refractivity (Wildman–Crippen MR) is 78.4 cm³/mol. The van der Waals surface area contributed by atoms with Crippen LogP contribution >= 0.6 is 0 Å². The Hall–Kier alpha value is -1.77. The second-order valence-electron chi connectivity index (χ2n) is 5.96. The van der Waals surface area contributed by atoms with Gasteiger partial charge in [0.1, 0.15) is 0 Å². The SMILES string of the molecule is CCc1c(-c2cccc(C)c2)nn(C(C)(C)C)c1O. The van der Waals surface area contributed by atoms with Crippen molar-refractivity contribution in [2.45, 2.75) is 46.6 Å². The number of aromatic hydroxyl groups is 1. The molecule has 3 nitrogen and oxygen atoms in total. The summed E-state index contributed by atoms with van der Waals surface area (Å²) in [5.41, 5.74) is 3.84. The summed E-state index contributed by atoms with van der Waals surface area (Å²) in [5, 5.41) is 15.0. The van der Waals surface area contributed by atoms with Crippen LogP contribution in [0.25, 0.3) is 11.3 Å². The van der Waals surface area contributed by atoms with Gasteiger partial charge in [0.25, 0.3) is 0 Å². The van der Waals surface area contributed by atoms with Gasteiger partial charge in [-0.3, -0.25) is 0 Å². The molecule has 0 spiro atoms. The first-order valence-corrected chi connectivity index (χ1v) is 6.73. The van der Waals surface area contributed by atoms with Gasteiger partial charge >= 0.3 is 0 Å². The third kappa shape index (κ3) is 2.50. The molecular weight excluding hydrogens is 236 g/mol. The number of hydrogen-bond acceptors (Lipinski definition) is 2. The lowest BCUT2D eigenvalue weighted by Gasteiger charge is -2.20. The van der Waals surface area contributed by atoms with E-state index in [2.05, 4.69) is 24.2 Å². The summed E-state index contributed by atoms with van der Waals surface area (Å²) in [7, 11) is 0. The first-order valence-electron chi connectivity index (χ1n) is 6.73. The summed E-state index contributed by atoms with van der Waals surface area (Å²) in [4.78, 5) is 0. The Kier molecular flexibility index (Phi) is 3.40. The maximum atomic E-state index is 10.4. The van der Waals surface area contributed by atoms with Crippen LogP contribution in [0.4, 0.5) is 0 Å². The number of hydrogen-bond donors (Lipinski definition) is 1. The average Bonchev–Trinajstić information content (AvgIpc) is 2.66. The molecule has 1 aromatic carbocycles. The molecule has 2 aromatic rings. The molecule has 0 aliphatic heterocycles. The molecule has 0 aliphatic rings. The summed E-state index contributed by atoms with van der Waals surface area (Å²) >= 11 is 0. The van der Waals surface area contributed by atoms with E-state index in [0.717, 1.165) is 23.2 Å². The van der Waals surface area contributed by atoms with Crippen LogP contribution in [0.15, 0.2) is 24.3 Å². The molecule has 1 aromatic heterocycles. The highest BCUT2D eigenvalue weighted by Crippen LogP contribution is 2.33. The van der Waals surface area contributed by atoms with Gasteiger partial charge < -0.3 is 5.11 Å². The lowest BCUT2D eigenvalue weighted by molar-refractivity contribution is 0.293. The normalized spacial score (nSPS) is 11.8. The fourth-order valence-electron chi connectivity index (χ4n) is 2.26. The van der Waals surface area contributed by atoms with Crippen molar-refractivity contribution in [3.63, 3.8) is 0 Å². The summed E-state index contributed by atoms with van der Waals surface area (Å²) in [6.45, 7) is 10.2. The molecule has 1 heterocycles. The second-order valence-corrected chi connectivity index (χ2v) is 5.96. The molecule has 19 heavy (non-hydrogen) atoms. The van der Waals surface area contributed by atoms with Crippen molar-refractivity contribution in [3.8, 4) is 17.1 Å². The van der Waals surface area contributed by atoms with Gasteiger partial charge in [0.15, 0.2) is 0 Å². The van der Waals surface area contributed by atoms with E-state index >= 15 is 0 Å². The van der Waals surface area contributed by atoms with Crippen LogP contribution in [0, 0.1) is 6.92 Å². The molecule has 1 N–H and O–H groups in total. The number of aryl methyl sites for hydroxylation is 1. The highest BCUT2D eigenvalue weighted by molar-refractivity contribution is 5.66. The van der Waals surface area contributed by atoms with E-state index in [0.29, 0.717) is 0 Å². The third-order valence-electron chi connectivity index (χ3n) is 3.24. The topological polar surface area (TPSA) is 38.0 Å². The molecule has 0 radical (unpaired) electrons. The van der Waals surface area contributed by atoms with Crippen LogP contribution < -0.4 is 0 Å². The van der Waals surface area contributed by atoms with Crippen LogP contribution in [-0.2, 0) is 12.0 Å². The smallest absolute Gasteiger partial charge is 0.213 e. The second kappa shape index (κ2) is 4.72. The van der Waals surface area contributed by atoms with E-state index in [1.807, 2.05) is 39.8 Å². The molecular formula is C16H22N2O. The van der Waals surface area contributed by atoms with Crippen molar-refractivity contribution < 1.29 is 5.11 Å². The zero-order valence-corrected chi connectivity index (χ0v) is 12.4. The Morgan fingerprint density at radius 2 is 1.95 bits per heavy atom. The van der Waals surface area contributed by atoms with E-state index in [1.54, 1.807) is 4.68 Å². The maximum Gasteiger partial charge on any atom is 0.213 e. The van der Waals surface area contributed by atoms with Gasteiger partial charge in [-0.05, 0) is 40.2 Å². The first-order chi connectivity index (χ1) is 8.84. The fourth-order valence-corrected chi connectivity index (χ4v) is 2.26. The minimum Gasteiger partial charge on any atom is -0.493 e. The van der Waals surface area contributed by atoms with E-state index in [9.17, 15) is 5.11 Å². The van der Waals surface area contributed by atoms with Crippen molar-refractivity contribution in [2.24, 2.45) is 0 Å². The first kappa shape index (κ1) is 13.7. The van der Waals surface area contributed by atoms with Gasteiger partial charge in [-0.15, -0.1) is 0 Å². The van der Waals surface area contributed by atoms with Crippen LogP contribution in [-0.4, -0.2) is 14.9 Å². The molecule has 102 valence electrons. The van der Waals surface area contributed by atoms with Crippen LogP contribution in [0.1, 0.15) is 38.8 Å². The highest BCUT2D eigenvalue weighted by atomic mass is 16.3. The van der Waals surface area contributed by atoms with Gasteiger partial charge in [0.2, 0.25) is 5.88 Å². The highest BCUT2D eigenvalue weighted by Gasteiger charge is 2.24. The Balaban J connectivity index is 2.64. The van der Waals surface area contributed by atoms with Crippen molar-refractivity contribution in [1.29, 1.82) is 0 Å². The zero-order chi connectivity index (χ0) is 14.2. The molecule has 0 fully saturated rings. The monoisotopic (exact) mass is 258 g/mol. The summed E-state index contributed by atoms with van der Waals surface area (Å²) in [5.74, 6) is 0.284. The third-order valence-corrected chi connectivity index (χ3v) is 3.24. The molecule has 2 rings (SSSR count). The Labute approximate surface area is 114 Å². The molecule has 0 unspecified atom stereocenters. The molecule has 0 saturated carbocycles. The summed E-state index contributed by atoms with van der Waals surface area (Å²) < 4.78 is 1.71. The maximum absolute atomic E-state index is 10.4. The van der Waals surface area contributed by atoms with E-state index in [4.69, 9.17) is 0 Å². The fraction of sp³-hybridized carbons (Fsp3) is 0.438. The summed E-state index contributed by atoms with van der Waals surface area (Å²) in [6.07, 6.45) is 0.769.